The highest BCUT2D eigenvalue weighted by atomic mass is 16.5. The van der Waals surface area contributed by atoms with Gasteiger partial charge in [-0.15, -0.1) is 0 Å². The van der Waals surface area contributed by atoms with Gasteiger partial charge in [-0.2, -0.15) is 0 Å². The van der Waals surface area contributed by atoms with Crippen LogP contribution in [0.3, 0.4) is 0 Å². The minimum absolute atomic E-state index is 0.236. The summed E-state index contributed by atoms with van der Waals surface area (Å²) in [5, 5.41) is 8.35. The molecule has 0 saturated heterocycles. The lowest BCUT2D eigenvalue weighted by Crippen LogP contribution is -2.07. The third-order valence-corrected chi connectivity index (χ3v) is 1.91. The minimum atomic E-state index is -1.06. The number of aliphatic carboxylic acids is 1. The van der Waals surface area contributed by atoms with Gasteiger partial charge in [0, 0.05) is 13.0 Å². The van der Waals surface area contributed by atoms with Crippen molar-refractivity contribution in [3.05, 3.63) is 11.6 Å². The van der Waals surface area contributed by atoms with Crippen molar-refractivity contribution in [2.45, 2.75) is 39.5 Å². The van der Waals surface area contributed by atoms with Crippen molar-refractivity contribution in [1.82, 2.24) is 0 Å². The highest BCUT2D eigenvalue weighted by molar-refractivity contribution is 5.94. The van der Waals surface area contributed by atoms with Gasteiger partial charge in [-0.05, 0) is 26.7 Å². The number of carbonyl (C=O) groups excluding carboxylic acids is 1. The Morgan fingerprint density at radius 2 is 1.94 bits per heavy atom. The van der Waals surface area contributed by atoms with Crippen LogP contribution in [0.5, 0.6) is 0 Å². The average Bonchev–Trinajstić information content (AvgIpc) is 2.14. The summed E-state index contributed by atoms with van der Waals surface area (Å²) in [5.41, 5.74) is 1.26. The molecule has 0 radical (unpaired) electrons. The number of ether oxygens (including phenoxy) is 1. The molecule has 0 amide bonds. The predicted molar refractivity (Wildman–Crippen MR) is 61.4 cm³/mol. The Bertz CT molecular complexity index is 252. The molecule has 1 N–H and O–H groups in total. The Kier molecular flexibility index (Phi) is 8.43. The van der Waals surface area contributed by atoms with Gasteiger partial charge in [-0.1, -0.05) is 11.6 Å². The van der Waals surface area contributed by atoms with Crippen molar-refractivity contribution < 1.29 is 19.4 Å². The zero-order chi connectivity index (χ0) is 12.4. The third-order valence-electron chi connectivity index (χ3n) is 1.91. The number of carboxylic acid groups (broad SMARTS) is 1. The van der Waals surface area contributed by atoms with Gasteiger partial charge in [0.1, 0.15) is 12.2 Å². The Hall–Kier alpha value is -1.16. The fourth-order valence-electron chi connectivity index (χ4n) is 1.16. The summed E-state index contributed by atoms with van der Waals surface area (Å²) in [5.74, 6) is -1.30. The molecule has 0 aliphatic carbocycles. The van der Waals surface area contributed by atoms with Gasteiger partial charge in [-0.3, -0.25) is 9.59 Å². The standard InChI is InChI=1S/C12H20O4/c1-10(2)5-3-7-16-8-4-6-11(13)9-12(14)15/h5H,3-4,6-9H2,1-2H3,(H,14,15). The van der Waals surface area contributed by atoms with Gasteiger partial charge in [0.2, 0.25) is 0 Å². The first-order chi connectivity index (χ1) is 7.52. The highest BCUT2D eigenvalue weighted by Gasteiger charge is 2.06. The molecule has 4 nitrogen and oxygen atoms in total. The second kappa shape index (κ2) is 9.09. The summed E-state index contributed by atoms with van der Waals surface area (Å²) >= 11 is 0. The Balaban J connectivity index is 3.30. The number of ketones is 1. The number of allylic oxidation sites excluding steroid dienone is 1. The zero-order valence-electron chi connectivity index (χ0n) is 9.99. The second-order valence-electron chi connectivity index (χ2n) is 3.90. The molecular formula is C12H20O4. The van der Waals surface area contributed by atoms with Crippen molar-refractivity contribution >= 4 is 11.8 Å². The van der Waals surface area contributed by atoms with E-state index in [0.29, 0.717) is 19.6 Å². The summed E-state index contributed by atoms with van der Waals surface area (Å²) in [6, 6.07) is 0. The molecule has 0 rings (SSSR count). The van der Waals surface area contributed by atoms with Crippen LogP contribution in [-0.2, 0) is 14.3 Å². The quantitative estimate of drug-likeness (QED) is 0.373. The van der Waals surface area contributed by atoms with E-state index < -0.39 is 5.97 Å². The molecule has 0 bridgehead atoms. The molecule has 0 aromatic rings. The monoisotopic (exact) mass is 228 g/mol. The van der Waals surface area contributed by atoms with Crippen LogP contribution in [0.4, 0.5) is 0 Å². The summed E-state index contributed by atoms with van der Waals surface area (Å²) in [6.45, 7) is 5.23. The Morgan fingerprint density at radius 1 is 1.25 bits per heavy atom. The maximum Gasteiger partial charge on any atom is 0.310 e. The van der Waals surface area contributed by atoms with Crippen LogP contribution in [0.2, 0.25) is 0 Å². The summed E-state index contributed by atoms with van der Waals surface area (Å²) < 4.78 is 5.30. The minimum Gasteiger partial charge on any atom is -0.481 e. The summed E-state index contributed by atoms with van der Waals surface area (Å²) in [6.07, 6.45) is 3.48. The molecule has 4 heteroatoms. The fraction of sp³-hybridized carbons (Fsp3) is 0.667. The van der Waals surface area contributed by atoms with Gasteiger partial charge >= 0.3 is 5.97 Å². The van der Waals surface area contributed by atoms with Crippen LogP contribution >= 0.6 is 0 Å². The van der Waals surface area contributed by atoms with Crippen LogP contribution in [0, 0.1) is 0 Å². The van der Waals surface area contributed by atoms with Crippen LogP contribution < -0.4 is 0 Å². The molecule has 0 heterocycles. The van der Waals surface area contributed by atoms with E-state index in [1.807, 2.05) is 13.8 Å². The molecule has 0 aromatic carbocycles. The maximum atomic E-state index is 11.0. The summed E-state index contributed by atoms with van der Waals surface area (Å²) in [7, 11) is 0. The molecule has 0 saturated carbocycles. The van der Waals surface area contributed by atoms with E-state index >= 15 is 0 Å². The van der Waals surface area contributed by atoms with Crippen LogP contribution in [-0.4, -0.2) is 30.1 Å². The van der Waals surface area contributed by atoms with Crippen molar-refractivity contribution in [2.24, 2.45) is 0 Å². The molecule has 0 aliphatic rings. The first kappa shape index (κ1) is 14.8. The first-order valence-electron chi connectivity index (χ1n) is 5.47. The van der Waals surface area contributed by atoms with Crippen molar-refractivity contribution in [1.29, 1.82) is 0 Å². The number of rotatable bonds is 9. The Labute approximate surface area is 96.3 Å². The highest BCUT2D eigenvalue weighted by Crippen LogP contribution is 1.98. The fourth-order valence-corrected chi connectivity index (χ4v) is 1.16. The van der Waals surface area contributed by atoms with Gasteiger partial charge < -0.3 is 9.84 Å². The molecule has 0 spiro atoms. The smallest absolute Gasteiger partial charge is 0.310 e. The molecule has 0 aliphatic heterocycles. The lowest BCUT2D eigenvalue weighted by molar-refractivity contribution is -0.140. The number of hydrogen-bond donors (Lipinski definition) is 1. The lowest BCUT2D eigenvalue weighted by Gasteiger charge is -2.01. The molecular weight excluding hydrogens is 208 g/mol. The first-order valence-corrected chi connectivity index (χ1v) is 5.47. The average molecular weight is 228 g/mol. The molecule has 92 valence electrons. The molecule has 0 fully saturated rings. The van der Waals surface area contributed by atoms with E-state index in [9.17, 15) is 9.59 Å². The number of Topliss-reactive ketones (excluding diaryl/α,β-unsaturated/α-hetero) is 1. The molecule has 0 atom stereocenters. The molecule has 0 unspecified atom stereocenters. The second-order valence-corrected chi connectivity index (χ2v) is 3.90. The number of carbonyl (C=O) groups is 2. The van der Waals surface area contributed by atoms with Crippen LogP contribution in [0.15, 0.2) is 11.6 Å². The number of hydrogen-bond acceptors (Lipinski definition) is 3. The summed E-state index contributed by atoms with van der Waals surface area (Å²) in [4.78, 5) is 21.2. The van der Waals surface area contributed by atoms with E-state index in [1.165, 1.54) is 5.57 Å². The third kappa shape index (κ3) is 10.9. The largest absolute Gasteiger partial charge is 0.481 e. The topological polar surface area (TPSA) is 63.6 Å². The Morgan fingerprint density at radius 3 is 2.50 bits per heavy atom. The predicted octanol–water partition coefficient (Wildman–Crippen LogP) is 2.18. The van der Waals surface area contributed by atoms with E-state index in [4.69, 9.17) is 9.84 Å². The molecule has 16 heavy (non-hydrogen) atoms. The zero-order valence-corrected chi connectivity index (χ0v) is 9.99. The number of carboxylic acids is 1. The van der Waals surface area contributed by atoms with Crippen molar-refractivity contribution in [2.75, 3.05) is 13.2 Å². The van der Waals surface area contributed by atoms with Crippen LogP contribution in [0.1, 0.15) is 39.5 Å². The normalized spacial score (nSPS) is 9.88. The van der Waals surface area contributed by atoms with Crippen LogP contribution in [0.25, 0.3) is 0 Å². The van der Waals surface area contributed by atoms with Gasteiger partial charge in [-0.25, -0.2) is 0 Å². The SMILES string of the molecule is CC(C)=CCCOCCCC(=O)CC(=O)O. The van der Waals surface area contributed by atoms with E-state index in [-0.39, 0.29) is 18.6 Å². The van der Waals surface area contributed by atoms with E-state index in [1.54, 1.807) is 0 Å². The van der Waals surface area contributed by atoms with Gasteiger partial charge in [0.15, 0.2) is 0 Å². The maximum absolute atomic E-state index is 11.0. The van der Waals surface area contributed by atoms with Crippen molar-refractivity contribution in [3.8, 4) is 0 Å². The van der Waals surface area contributed by atoms with Gasteiger partial charge in [0.05, 0.1) is 6.61 Å². The van der Waals surface area contributed by atoms with Crippen molar-refractivity contribution in [3.63, 3.8) is 0 Å². The van der Waals surface area contributed by atoms with Gasteiger partial charge in [0.25, 0.3) is 0 Å². The lowest BCUT2D eigenvalue weighted by atomic mass is 10.2. The molecule has 0 aromatic heterocycles. The van der Waals surface area contributed by atoms with E-state index in [2.05, 4.69) is 6.08 Å². The van der Waals surface area contributed by atoms with E-state index in [0.717, 1.165) is 6.42 Å².